The van der Waals surface area contributed by atoms with Gasteiger partial charge >= 0.3 is 0 Å². The van der Waals surface area contributed by atoms with Gasteiger partial charge in [-0.2, -0.15) is 0 Å². The third kappa shape index (κ3) is 3.18. The standard InChI is InChI=1S/C11H10BrN5O3/c12-10-8(2-1-3-9(10)17(19)20)11(18)13-4-6-16-7-5-14-15-16/h1-3,5,7H,4,6H2,(H,13,18). The Hall–Kier alpha value is -2.29. The average molecular weight is 340 g/mol. The van der Waals surface area contributed by atoms with E-state index in [1.807, 2.05) is 0 Å². The molecule has 9 heteroatoms. The van der Waals surface area contributed by atoms with Gasteiger partial charge in [-0.3, -0.25) is 19.6 Å². The number of amides is 1. The number of rotatable bonds is 5. The summed E-state index contributed by atoms with van der Waals surface area (Å²) in [6.07, 6.45) is 3.22. The molecule has 0 fully saturated rings. The molecule has 0 aliphatic carbocycles. The Morgan fingerprint density at radius 2 is 2.30 bits per heavy atom. The second kappa shape index (κ2) is 6.24. The molecule has 20 heavy (non-hydrogen) atoms. The first-order valence-electron chi connectivity index (χ1n) is 5.65. The van der Waals surface area contributed by atoms with E-state index in [0.29, 0.717) is 13.1 Å². The number of nitrogens with zero attached hydrogens (tertiary/aromatic N) is 4. The average Bonchev–Trinajstić information content (AvgIpc) is 2.91. The van der Waals surface area contributed by atoms with E-state index in [1.165, 1.54) is 18.2 Å². The summed E-state index contributed by atoms with van der Waals surface area (Å²) in [6, 6.07) is 4.31. The minimum Gasteiger partial charge on any atom is -0.350 e. The van der Waals surface area contributed by atoms with Crippen molar-refractivity contribution in [3.05, 3.63) is 50.7 Å². The second-order valence-electron chi connectivity index (χ2n) is 3.82. The first-order valence-corrected chi connectivity index (χ1v) is 6.44. The number of hydrogen-bond donors (Lipinski definition) is 1. The van der Waals surface area contributed by atoms with Crippen LogP contribution < -0.4 is 5.32 Å². The van der Waals surface area contributed by atoms with Gasteiger partial charge in [0.1, 0.15) is 4.47 Å². The fourth-order valence-corrected chi connectivity index (χ4v) is 2.16. The van der Waals surface area contributed by atoms with Crippen LogP contribution in [0.4, 0.5) is 5.69 Å². The molecule has 0 bridgehead atoms. The van der Waals surface area contributed by atoms with Gasteiger partial charge in [-0.05, 0) is 22.0 Å². The van der Waals surface area contributed by atoms with Crippen LogP contribution in [0.15, 0.2) is 35.1 Å². The SMILES string of the molecule is O=C(NCCn1ccnn1)c1cccc([N+](=O)[O-])c1Br. The summed E-state index contributed by atoms with van der Waals surface area (Å²) in [5.41, 5.74) is 0.0757. The third-order valence-corrected chi connectivity index (χ3v) is 3.35. The topological polar surface area (TPSA) is 103 Å². The van der Waals surface area contributed by atoms with Crippen molar-refractivity contribution in [1.29, 1.82) is 0 Å². The van der Waals surface area contributed by atoms with E-state index >= 15 is 0 Å². The number of nitro groups is 1. The maximum atomic E-state index is 12.0. The molecule has 0 unspecified atom stereocenters. The van der Waals surface area contributed by atoms with E-state index in [0.717, 1.165) is 0 Å². The minimum absolute atomic E-state index is 0.145. The van der Waals surface area contributed by atoms with Crippen molar-refractivity contribution >= 4 is 27.5 Å². The number of halogens is 1. The summed E-state index contributed by atoms with van der Waals surface area (Å²) in [6.45, 7) is 0.815. The molecule has 104 valence electrons. The van der Waals surface area contributed by atoms with Crippen LogP contribution in [0.5, 0.6) is 0 Å². The van der Waals surface area contributed by atoms with Crippen LogP contribution in [0.2, 0.25) is 0 Å². The van der Waals surface area contributed by atoms with Gasteiger partial charge in [0.15, 0.2) is 0 Å². The highest BCUT2D eigenvalue weighted by atomic mass is 79.9. The van der Waals surface area contributed by atoms with E-state index in [-0.39, 0.29) is 21.6 Å². The van der Waals surface area contributed by atoms with Gasteiger partial charge in [0.2, 0.25) is 0 Å². The highest BCUT2D eigenvalue weighted by Gasteiger charge is 2.18. The predicted octanol–water partition coefficient (Wildman–Crippen LogP) is 1.38. The first kappa shape index (κ1) is 14.1. The number of carbonyl (C=O) groups excluding carboxylic acids is 1. The predicted molar refractivity (Wildman–Crippen MR) is 73.2 cm³/mol. The van der Waals surface area contributed by atoms with Gasteiger partial charge in [0, 0.05) is 18.8 Å². The third-order valence-electron chi connectivity index (χ3n) is 2.52. The summed E-state index contributed by atoms with van der Waals surface area (Å²) in [4.78, 5) is 22.2. The Labute approximate surface area is 122 Å². The Balaban J connectivity index is 2.02. The van der Waals surface area contributed by atoms with Gasteiger partial charge in [-0.1, -0.05) is 11.3 Å². The highest BCUT2D eigenvalue weighted by Crippen LogP contribution is 2.28. The largest absolute Gasteiger partial charge is 0.350 e. The molecule has 0 saturated carbocycles. The molecular weight excluding hydrogens is 330 g/mol. The zero-order valence-corrected chi connectivity index (χ0v) is 11.8. The van der Waals surface area contributed by atoms with Crippen molar-refractivity contribution in [2.24, 2.45) is 0 Å². The van der Waals surface area contributed by atoms with Crippen LogP contribution in [0.3, 0.4) is 0 Å². The van der Waals surface area contributed by atoms with Gasteiger partial charge in [0.25, 0.3) is 11.6 Å². The van der Waals surface area contributed by atoms with Crippen molar-refractivity contribution < 1.29 is 9.72 Å². The smallest absolute Gasteiger partial charge is 0.284 e. The van der Waals surface area contributed by atoms with Crippen molar-refractivity contribution in [3.8, 4) is 0 Å². The molecule has 8 nitrogen and oxygen atoms in total. The summed E-state index contributed by atoms with van der Waals surface area (Å²) in [7, 11) is 0. The Bertz CT molecular complexity index is 629. The Kier molecular flexibility index (Phi) is 4.41. The number of hydrogen-bond acceptors (Lipinski definition) is 5. The Morgan fingerprint density at radius 1 is 1.50 bits per heavy atom. The van der Waals surface area contributed by atoms with E-state index < -0.39 is 4.92 Å². The molecule has 1 heterocycles. The summed E-state index contributed by atoms with van der Waals surface area (Å²) in [5, 5.41) is 20.9. The highest BCUT2D eigenvalue weighted by molar-refractivity contribution is 9.10. The molecule has 1 aromatic carbocycles. The number of aromatic nitrogens is 3. The van der Waals surface area contributed by atoms with Gasteiger partial charge in [-0.15, -0.1) is 5.10 Å². The Morgan fingerprint density at radius 3 is 2.95 bits per heavy atom. The fourth-order valence-electron chi connectivity index (χ4n) is 1.57. The molecule has 0 aliphatic heterocycles. The zero-order chi connectivity index (χ0) is 14.5. The lowest BCUT2D eigenvalue weighted by molar-refractivity contribution is -0.385. The first-order chi connectivity index (χ1) is 9.59. The van der Waals surface area contributed by atoms with Crippen LogP contribution in [-0.4, -0.2) is 32.4 Å². The molecule has 2 rings (SSSR count). The lowest BCUT2D eigenvalue weighted by Gasteiger charge is -2.07. The molecule has 1 aromatic heterocycles. The van der Waals surface area contributed by atoms with E-state index in [1.54, 1.807) is 17.1 Å². The van der Waals surface area contributed by atoms with Crippen LogP contribution in [0.1, 0.15) is 10.4 Å². The van der Waals surface area contributed by atoms with Gasteiger partial charge in [0.05, 0.1) is 23.2 Å². The maximum absolute atomic E-state index is 12.0. The zero-order valence-electron chi connectivity index (χ0n) is 10.2. The summed E-state index contributed by atoms with van der Waals surface area (Å²) in [5.74, 6) is -0.388. The van der Waals surface area contributed by atoms with Crippen molar-refractivity contribution in [3.63, 3.8) is 0 Å². The molecule has 2 aromatic rings. The van der Waals surface area contributed by atoms with Crippen LogP contribution in [-0.2, 0) is 6.54 Å². The normalized spacial score (nSPS) is 10.2. The fraction of sp³-hybridized carbons (Fsp3) is 0.182. The monoisotopic (exact) mass is 339 g/mol. The maximum Gasteiger partial charge on any atom is 0.284 e. The van der Waals surface area contributed by atoms with Crippen LogP contribution >= 0.6 is 15.9 Å². The van der Waals surface area contributed by atoms with E-state index in [9.17, 15) is 14.9 Å². The van der Waals surface area contributed by atoms with Crippen LogP contribution in [0.25, 0.3) is 0 Å². The second-order valence-corrected chi connectivity index (χ2v) is 4.61. The molecule has 0 saturated heterocycles. The van der Waals surface area contributed by atoms with Gasteiger partial charge in [-0.25, -0.2) is 0 Å². The quantitative estimate of drug-likeness (QED) is 0.654. The van der Waals surface area contributed by atoms with Crippen molar-refractivity contribution in [2.75, 3.05) is 6.54 Å². The molecule has 0 radical (unpaired) electrons. The molecule has 0 atom stereocenters. The number of benzene rings is 1. The molecule has 1 amide bonds. The van der Waals surface area contributed by atoms with Crippen molar-refractivity contribution in [2.45, 2.75) is 6.54 Å². The summed E-state index contributed by atoms with van der Waals surface area (Å²) < 4.78 is 1.74. The molecule has 0 spiro atoms. The lowest BCUT2D eigenvalue weighted by atomic mass is 10.2. The molecule has 1 N–H and O–H groups in total. The molecular formula is C11H10BrN5O3. The number of nitro benzene ring substituents is 1. The van der Waals surface area contributed by atoms with Crippen LogP contribution in [0, 0.1) is 10.1 Å². The van der Waals surface area contributed by atoms with E-state index in [4.69, 9.17) is 0 Å². The minimum atomic E-state index is -0.545. The molecule has 0 aliphatic rings. The number of nitrogens with one attached hydrogen (secondary N) is 1. The lowest BCUT2D eigenvalue weighted by Crippen LogP contribution is -2.27. The summed E-state index contributed by atoms with van der Waals surface area (Å²) >= 11 is 3.08. The van der Waals surface area contributed by atoms with E-state index in [2.05, 4.69) is 31.6 Å². The van der Waals surface area contributed by atoms with Crippen molar-refractivity contribution in [1.82, 2.24) is 20.3 Å². The number of carbonyl (C=O) groups is 1. The van der Waals surface area contributed by atoms with Gasteiger partial charge < -0.3 is 5.32 Å².